The average molecular weight is 479 g/mol. The Kier molecular flexibility index (Phi) is 5.60. The number of carbonyl (C=O) groups excluding carboxylic acids is 1. The van der Waals surface area contributed by atoms with Crippen LogP contribution in [0.5, 0.6) is 0 Å². The number of aromatic nitrogens is 3. The number of pyridine rings is 1. The topological polar surface area (TPSA) is 62.7 Å². The van der Waals surface area contributed by atoms with E-state index >= 15 is 0 Å². The fourth-order valence-electron chi connectivity index (χ4n) is 3.68. The van der Waals surface area contributed by atoms with Gasteiger partial charge in [-0.15, -0.1) is 0 Å². The highest BCUT2D eigenvalue weighted by Gasteiger charge is 2.31. The van der Waals surface area contributed by atoms with Gasteiger partial charge in [-0.2, -0.15) is 0 Å². The van der Waals surface area contributed by atoms with Crippen molar-refractivity contribution in [2.45, 2.75) is 31.8 Å². The summed E-state index contributed by atoms with van der Waals surface area (Å²) >= 11 is 8.48. The third-order valence-electron chi connectivity index (χ3n) is 5.06. The van der Waals surface area contributed by atoms with Crippen LogP contribution in [0, 0.1) is 16.4 Å². The molecular weight excluding hydrogens is 462 g/mol. The molecule has 0 saturated carbocycles. The van der Waals surface area contributed by atoms with Gasteiger partial charge >= 0.3 is 0 Å². The van der Waals surface area contributed by atoms with E-state index < -0.39 is 11.6 Å². The Balaban J connectivity index is 1.50. The van der Waals surface area contributed by atoms with Crippen molar-refractivity contribution >= 4 is 34.1 Å². The summed E-state index contributed by atoms with van der Waals surface area (Å²) in [6.07, 6.45) is 3.88. The molecule has 4 rings (SSSR count). The fourth-order valence-corrected chi connectivity index (χ4v) is 4.34. The van der Waals surface area contributed by atoms with Crippen LogP contribution in [0.15, 0.2) is 41.1 Å². The SMILES string of the molecule is O=C(Cc1[nH]c(=S)n2c1CC(c1c(F)ccc(Br)c1F)C2)NCc1cccnc1. The Bertz CT molecular complexity index is 1130. The van der Waals surface area contributed by atoms with Crippen LogP contribution in [0.2, 0.25) is 0 Å². The number of benzene rings is 1. The minimum absolute atomic E-state index is 0.0458. The molecule has 0 radical (unpaired) electrons. The van der Waals surface area contributed by atoms with Crippen molar-refractivity contribution in [3.05, 3.63) is 80.1 Å². The van der Waals surface area contributed by atoms with Gasteiger partial charge in [-0.3, -0.25) is 9.78 Å². The summed E-state index contributed by atoms with van der Waals surface area (Å²) in [4.78, 5) is 19.5. The third kappa shape index (κ3) is 4.02. The van der Waals surface area contributed by atoms with Gasteiger partial charge in [-0.05, 0) is 58.3 Å². The molecule has 0 bridgehead atoms. The summed E-state index contributed by atoms with van der Waals surface area (Å²) in [6.45, 7) is 0.743. The molecule has 3 heterocycles. The molecule has 1 aliphatic rings. The second-order valence-corrected chi connectivity index (χ2v) is 8.18. The van der Waals surface area contributed by atoms with Crippen molar-refractivity contribution in [2.75, 3.05) is 0 Å². The number of nitrogens with one attached hydrogen (secondary N) is 2. The predicted octanol–water partition coefficient (Wildman–Crippen LogP) is 4.18. The van der Waals surface area contributed by atoms with Crippen LogP contribution in [0.25, 0.3) is 0 Å². The van der Waals surface area contributed by atoms with E-state index in [0.717, 1.165) is 11.3 Å². The quantitative estimate of drug-likeness (QED) is 0.427. The molecule has 0 saturated heterocycles. The van der Waals surface area contributed by atoms with Crippen LogP contribution in [0.1, 0.15) is 28.4 Å². The van der Waals surface area contributed by atoms with Gasteiger partial charge in [-0.1, -0.05) is 6.07 Å². The zero-order valence-corrected chi connectivity index (χ0v) is 17.6. The third-order valence-corrected chi connectivity index (χ3v) is 5.99. The normalized spacial score (nSPS) is 15.3. The number of imidazole rings is 1. The molecule has 2 N–H and O–H groups in total. The number of hydrogen-bond donors (Lipinski definition) is 2. The molecular formula is C20H17BrF2N4OS. The van der Waals surface area contributed by atoms with Crippen LogP contribution in [-0.4, -0.2) is 20.4 Å². The van der Waals surface area contributed by atoms with E-state index in [1.54, 1.807) is 18.5 Å². The molecule has 1 amide bonds. The first-order valence-corrected chi connectivity index (χ1v) is 10.2. The van der Waals surface area contributed by atoms with Crippen LogP contribution < -0.4 is 5.32 Å². The maximum absolute atomic E-state index is 14.5. The van der Waals surface area contributed by atoms with E-state index in [4.69, 9.17) is 12.2 Å². The fraction of sp³-hybridized carbons (Fsp3) is 0.250. The second kappa shape index (κ2) is 8.16. The number of hydrogen-bond acceptors (Lipinski definition) is 3. The van der Waals surface area contributed by atoms with Crippen molar-refractivity contribution in [1.29, 1.82) is 0 Å². The maximum atomic E-state index is 14.5. The molecule has 2 aromatic heterocycles. The van der Waals surface area contributed by atoms with E-state index in [9.17, 15) is 13.6 Å². The molecule has 29 heavy (non-hydrogen) atoms. The lowest BCUT2D eigenvalue weighted by Gasteiger charge is -2.13. The summed E-state index contributed by atoms with van der Waals surface area (Å²) in [5, 5.41) is 2.85. The molecule has 1 unspecified atom stereocenters. The Morgan fingerprint density at radius 1 is 1.38 bits per heavy atom. The van der Waals surface area contributed by atoms with Crippen molar-refractivity contribution in [3.63, 3.8) is 0 Å². The average Bonchev–Trinajstić information content (AvgIpc) is 3.25. The monoisotopic (exact) mass is 478 g/mol. The van der Waals surface area contributed by atoms with Crippen molar-refractivity contribution in [1.82, 2.24) is 19.9 Å². The number of rotatable bonds is 5. The first-order valence-electron chi connectivity index (χ1n) is 9.03. The van der Waals surface area contributed by atoms with Gasteiger partial charge in [0.2, 0.25) is 5.91 Å². The van der Waals surface area contributed by atoms with Gasteiger partial charge in [0.05, 0.1) is 10.9 Å². The molecule has 1 atom stereocenters. The lowest BCUT2D eigenvalue weighted by Crippen LogP contribution is -2.25. The number of halogens is 3. The summed E-state index contributed by atoms with van der Waals surface area (Å²) in [5.41, 5.74) is 2.44. The van der Waals surface area contributed by atoms with Gasteiger partial charge in [0.15, 0.2) is 4.77 Å². The number of nitrogens with zero attached hydrogens (tertiary/aromatic N) is 2. The predicted molar refractivity (Wildman–Crippen MR) is 110 cm³/mol. The number of fused-ring (bicyclic) bond motifs is 1. The van der Waals surface area contributed by atoms with E-state index in [1.165, 1.54) is 12.1 Å². The molecule has 1 aliphatic heterocycles. The van der Waals surface area contributed by atoms with E-state index in [-0.39, 0.29) is 28.3 Å². The molecule has 1 aromatic carbocycles. The van der Waals surface area contributed by atoms with Gasteiger partial charge in [-0.25, -0.2) is 8.78 Å². The summed E-state index contributed by atoms with van der Waals surface area (Å²) in [5.74, 6) is -1.72. The minimum Gasteiger partial charge on any atom is -0.352 e. The highest BCUT2D eigenvalue weighted by atomic mass is 79.9. The maximum Gasteiger partial charge on any atom is 0.226 e. The zero-order chi connectivity index (χ0) is 20.5. The molecule has 150 valence electrons. The number of H-pyrrole nitrogens is 1. The lowest BCUT2D eigenvalue weighted by molar-refractivity contribution is -0.120. The Hall–Kier alpha value is -2.39. The van der Waals surface area contributed by atoms with Gasteiger partial charge < -0.3 is 14.9 Å². The molecule has 9 heteroatoms. The summed E-state index contributed by atoms with van der Waals surface area (Å²) in [6, 6.07) is 6.29. The van der Waals surface area contributed by atoms with E-state index in [2.05, 4.69) is 31.2 Å². The van der Waals surface area contributed by atoms with Crippen LogP contribution in [0.3, 0.4) is 0 Å². The Labute approximate surface area is 179 Å². The molecule has 0 aliphatic carbocycles. The molecule has 0 spiro atoms. The van der Waals surface area contributed by atoms with Gasteiger partial charge in [0.1, 0.15) is 11.6 Å². The Morgan fingerprint density at radius 2 is 2.21 bits per heavy atom. The molecule has 5 nitrogen and oxygen atoms in total. The van der Waals surface area contributed by atoms with Gasteiger partial charge in [0.25, 0.3) is 0 Å². The zero-order valence-electron chi connectivity index (χ0n) is 15.2. The molecule has 0 fully saturated rings. The van der Waals surface area contributed by atoms with Crippen LogP contribution in [-0.2, 0) is 30.7 Å². The van der Waals surface area contributed by atoms with E-state index in [0.29, 0.717) is 30.0 Å². The number of carbonyl (C=O) groups is 1. The van der Waals surface area contributed by atoms with Crippen molar-refractivity contribution in [3.8, 4) is 0 Å². The Morgan fingerprint density at radius 3 is 2.97 bits per heavy atom. The highest BCUT2D eigenvalue weighted by molar-refractivity contribution is 9.10. The van der Waals surface area contributed by atoms with Crippen LogP contribution >= 0.6 is 28.1 Å². The highest BCUT2D eigenvalue weighted by Crippen LogP contribution is 2.36. The first kappa shape index (κ1) is 19.9. The largest absolute Gasteiger partial charge is 0.352 e. The smallest absolute Gasteiger partial charge is 0.226 e. The second-order valence-electron chi connectivity index (χ2n) is 6.94. The summed E-state index contributed by atoms with van der Waals surface area (Å²) < 4.78 is 31.3. The van der Waals surface area contributed by atoms with Crippen molar-refractivity contribution < 1.29 is 13.6 Å². The number of aromatic amines is 1. The van der Waals surface area contributed by atoms with Crippen LogP contribution in [0.4, 0.5) is 8.78 Å². The molecule has 3 aromatic rings. The minimum atomic E-state index is -0.591. The van der Waals surface area contributed by atoms with E-state index in [1.807, 2.05) is 10.6 Å². The van der Waals surface area contributed by atoms with Crippen molar-refractivity contribution in [2.24, 2.45) is 0 Å². The lowest BCUT2D eigenvalue weighted by atomic mass is 9.95. The summed E-state index contributed by atoms with van der Waals surface area (Å²) in [7, 11) is 0. The standard InChI is InChI=1S/C20H17BrF2N4OS/c21-13-3-4-14(22)18(19(13)23)12-6-16-15(26-20(29)27(16)10-12)7-17(28)25-9-11-2-1-5-24-8-11/h1-5,8,12H,6-7,9-10H2,(H,25,28)(H,26,29). The van der Waals surface area contributed by atoms with Gasteiger partial charge in [0, 0.05) is 48.4 Å². The number of amides is 1. The first-order chi connectivity index (χ1) is 13.9.